The molecule has 132 valence electrons. The zero-order valence-corrected chi connectivity index (χ0v) is 14.0. The maximum absolute atomic E-state index is 13.5. The van der Waals surface area contributed by atoms with Gasteiger partial charge in [-0.05, 0) is 36.1 Å². The van der Waals surface area contributed by atoms with Crippen molar-refractivity contribution in [2.24, 2.45) is 0 Å². The molecule has 0 atom stereocenters. The van der Waals surface area contributed by atoms with Crippen molar-refractivity contribution < 1.29 is 18.7 Å². The normalized spacial score (nSPS) is 10.2. The second-order valence-electron chi connectivity index (χ2n) is 5.42. The summed E-state index contributed by atoms with van der Waals surface area (Å²) in [4.78, 5) is 23.5. The number of carbonyl (C=O) groups is 2. The Morgan fingerprint density at radius 2 is 1.40 bits per heavy atom. The molecule has 0 bridgehead atoms. The molecule has 0 radical (unpaired) electrons. The van der Waals surface area contributed by atoms with Gasteiger partial charge >= 0.3 is 11.8 Å². The van der Waals surface area contributed by atoms with Crippen LogP contribution in [0.4, 0.5) is 4.39 Å². The molecule has 0 saturated carbocycles. The fourth-order valence-corrected chi connectivity index (χ4v) is 2.39. The minimum atomic E-state index is -0.726. The summed E-state index contributed by atoms with van der Waals surface area (Å²) in [7, 11) is 1.58. The Balaban J connectivity index is 1.71. The highest BCUT2D eigenvalue weighted by atomic mass is 19.1. The van der Waals surface area contributed by atoms with Crippen LogP contribution >= 0.6 is 0 Å². The van der Waals surface area contributed by atoms with Crippen molar-refractivity contribution in [2.75, 3.05) is 20.2 Å². The van der Waals surface area contributed by atoms with Gasteiger partial charge in [0.25, 0.3) is 0 Å². The van der Waals surface area contributed by atoms with E-state index in [9.17, 15) is 14.0 Å². The van der Waals surface area contributed by atoms with Gasteiger partial charge in [-0.3, -0.25) is 9.59 Å². The van der Waals surface area contributed by atoms with E-state index in [4.69, 9.17) is 4.74 Å². The Kier molecular flexibility index (Phi) is 6.95. The molecule has 0 aromatic heterocycles. The summed E-state index contributed by atoms with van der Waals surface area (Å²) in [6, 6.07) is 13.8. The van der Waals surface area contributed by atoms with Gasteiger partial charge in [-0.2, -0.15) is 0 Å². The van der Waals surface area contributed by atoms with Crippen molar-refractivity contribution in [3.63, 3.8) is 0 Å². The first-order valence-electron chi connectivity index (χ1n) is 8.03. The number of rotatable bonds is 7. The van der Waals surface area contributed by atoms with E-state index in [1.165, 1.54) is 6.07 Å². The predicted molar refractivity (Wildman–Crippen MR) is 92.8 cm³/mol. The number of hydrogen-bond donors (Lipinski definition) is 2. The molecule has 2 N–H and O–H groups in total. The summed E-state index contributed by atoms with van der Waals surface area (Å²) in [6.07, 6.45) is 0.880. The van der Waals surface area contributed by atoms with Crippen LogP contribution in [-0.2, 0) is 22.4 Å². The van der Waals surface area contributed by atoms with Crippen molar-refractivity contribution in [2.45, 2.75) is 12.8 Å². The van der Waals surface area contributed by atoms with Crippen LogP contribution in [0.5, 0.6) is 5.75 Å². The summed E-state index contributed by atoms with van der Waals surface area (Å²) >= 11 is 0. The maximum Gasteiger partial charge on any atom is 0.309 e. The van der Waals surface area contributed by atoms with Crippen LogP contribution in [0.25, 0.3) is 0 Å². The molecule has 0 spiro atoms. The molecule has 0 aliphatic carbocycles. The topological polar surface area (TPSA) is 67.4 Å². The van der Waals surface area contributed by atoms with Gasteiger partial charge in [0.15, 0.2) is 0 Å². The van der Waals surface area contributed by atoms with Gasteiger partial charge in [-0.1, -0.05) is 36.4 Å². The van der Waals surface area contributed by atoms with E-state index in [1.807, 2.05) is 24.3 Å². The highest BCUT2D eigenvalue weighted by Crippen LogP contribution is 2.17. The smallest absolute Gasteiger partial charge is 0.309 e. The van der Waals surface area contributed by atoms with E-state index in [0.717, 1.165) is 11.3 Å². The average molecular weight is 344 g/mol. The molecule has 6 heteroatoms. The van der Waals surface area contributed by atoms with Gasteiger partial charge in [0, 0.05) is 13.1 Å². The molecule has 5 nitrogen and oxygen atoms in total. The van der Waals surface area contributed by atoms with Crippen molar-refractivity contribution in [1.82, 2.24) is 10.6 Å². The van der Waals surface area contributed by atoms with Crippen LogP contribution in [0.1, 0.15) is 11.1 Å². The lowest BCUT2D eigenvalue weighted by Gasteiger charge is -2.09. The lowest BCUT2D eigenvalue weighted by Crippen LogP contribution is -2.41. The maximum atomic E-state index is 13.5. The molecule has 2 rings (SSSR count). The molecule has 2 aromatic rings. The summed E-state index contributed by atoms with van der Waals surface area (Å²) in [5, 5.41) is 5.05. The summed E-state index contributed by atoms with van der Waals surface area (Å²) in [5.41, 5.74) is 1.45. The third-order valence-electron chi connectivity index (χ3n) is 3.72. The van der Waals surface area contributed by atoms with E-state index in [2.05, 4.69) is 10.6 Å². The Hall–Kier alpha value is -2.89. The van der Waals surface area contributed by atoms with E-state index in [0.29, 0.717) is 24.9 Å². The predicted octanol–water partition coefficient (Wildman–Crippen LogP) is 1.85. The van der Waals surface area contributed by atoms with Crippen molar-refractivity contribution in [3.05, 3.63) is 65.5 Å². The zero-order valence-electron chi connectivity index (χ0n) is 14.0. The van der Waals surface area contributed by atoms with Gasteiger partial charge in [-0.15, -0.1) is 0 Å². The highest BCUT2D eigenvalue weighted by molar-refractivity contribution is 6.35. The lowest BCUT2D eigenvalue weighted by molar-refractivity contribution is -0.139. The summed E-state index contributed by atoms with van der Waals surface area (Å²) in [5.74, 6) is -1.01. The molecule has 0 aliphatic rings. The first-order valence-corrected chi connectivity index (χ1v) is 8.03. The first-order chi connectivity index (χ1) is 12.1. The van der Waals surface area contributed by atoms with Crippen molar-refractivity contribution in [1.29, 1.82) is 0 Å². The van der Waals surface area contributed by atoms with Gasteiger partial charge in [0.05, 0.1) is 7.11 Å². The van der Waals surface area contributed by atoms with E-state index in [1.54, 1.807) is 25.3 Å². The van der Waals surface area contributed by atoms with E-state index >= 15 is 0 Å². The second kappa shape index (κ2) is 9.42. The molecule has 0 saturated heterocycles. The Bertz CT molecular complexity index is 734. The number of para-hydroxylation sites is 1. The summed E-state index contributed by atoms with van der Waals surface area (Å²) in [6.45, 7) is 0.514. The third-order valence-corrected chi connectivity index (χ3v) is 3.72. The molecule has 0 unspecified atom stereocenters. The number of halogens is 1. The van der Waals surface area contributed by atoms with Crippen molar-refractivity contribution in [3.8, 4) is 5.75 Å². The van der Waals surface area contributed by atoms with Gasteiger partial charge in [-0.25, -0.2) is 4.39 Å². The molecule has 0 fully saturated rings. The first kappa shape index (κ1) is 18.4. The van der Waals surface area contributed by atoms with Crippen LogP contribution in [0.2, 0.25) is 0 Å². The quantitative estimate of drug-likeness (QED) is 0.754. The summed E-state index contributed by atoms with van der Waals surface area (Å²) < 4.78 is 18.7. The van der Waals surface area contributed by atoms with Crippen LogP contribution in [0, 0.1) is 5.82 Å². The van der Waals surface area contributed by atoms with Crippen LogP contribution in [0.15, 0.2) is 48.5 Å². The standard InChI is InChI=1S/C19H21FN2O3/c1-25-17-9-5-3-7-15(17)11-13-22-19(24)18(23)21-12-10-14-6-2-4-8-16(14)20/h2-9H,10-13H2,1H3,(H,21,23)(H,22,24). The van der Waals surface area contributed by atoms with Crippen LogP contribution < -0.4 is 15.4 Å². The monoisotopic (exact) mass is 344 g/mol. The Morgan fingerprint density at radius 3 is 2.00 bits per heavy atom. The van der Waals surface area contributed by atoms with E-state index < -0.39 is 11.8 Å². The van der Waals surface area contributed by atoms with Gasteiger partial charge < -0.3 is 15.4 Å². The molecule has 2 aromatic carbocycles. The number of carbonyl (C=O) groups excluding carboxylic acids is 2. The highest BCUT2D eigenvalue weighted by Gasteiger charge is 2.13. The molecule has 25 heavy (non-hydrogen) atoms. The molecule has 2 amide bonds. The number of nitrogens with one attached hydrogen (secondary N) is 2. The van der Waals surface area contributed by atoms with Gasteiger partial charge in [0.2, 0.25) is 0 Å². The lowest BCUT2D eigenvalue weighted by atomic mass is 10.1. The van der Waals surface area contributed by atoms with Crippen LogP contribution in [-0.4, -0.2) is 32.0 Å². The fraction of sp³-hybridized carbons (Fsp3) is 0.263. The number of benzene rings is 2. The number of hydrogen-bond acceptors (Lipinski definition) is 3. The van der Waals surface area contributed by atoms with Crippen molar-refractivity contribution >= 4 is 11.8 Å². The fourth-order valence-electron chi connectivity index (χ4n) is 2.39. The second-order valence-corrected chi connectivity index (χ2v) is 5.42. The van der Waals surface area contributed by atoms with Crippen LogP contribution in [0.3, 0.4) is 0 Å². The molecular formula is C19H21FN2O3. The minimum Gasteiger partial charge on any atom is -0.496 e. The number of ether oxygens (including phenoxy) is 1. The number of amides is 2. The molecule has 0 aliphatic heterocycles. The number of methoxy groups -OCH3 is 1. The average Bonchev–Trinajstić information content (AvgIpc) is 2.63. The SMILES string of the molecule is COc1ccccc1CCNC(=O)C(=O)NCCc1ccccc1F. The Morgan fingerprint density at radius 1 is 0.880 bits per heavy atom. The largest absolute Gasteiger partial charge is 0.496 e. The zero-order chi connectivity index (χ0) is 18.1. The Labute approximate surface area is 146 Å². The minimum absolute atomic E-state index is 0.194. The molecular weight excluding hydrogens is 323 g/mol. The third kappa shape index (κ3) is 5.60. The van der Waals surface area contributed by atoms with Gasteiger partial charge in [0.1, 0.15) is 11.6 Å². The van der Waals surface area contributed by atoms with E-state index in [-0.39, 0.29) is 12.4 Å². The molecule has 0 heterocycles.